The highest BCUT2D eigenvalue weighted by Crippen LogP contribution is 2.22. The smallest absolute Gasteiger partial charge is 0.248 e. The number of hydrogen-bond donors (Lipinski definition) is 1. The van der Waals surface area contributed by atoms with E-state index in [4.69, 9.17) is 4.74 Å². The zero-order valence-electron chi connectivity index (χ0n) is 9.80. The molecule has 2 fully saturated rings. The van der Waals surface area contributed by atoms with E-state index >= 15 is 0 Å². The van der Waals surface area contributed by atoms with Gasteiger partial charge in [0.05, 0.1) is 18.7 Å². The fourth-order valence-corrected chi connectivity index (χ4v) is 2.56. The second-order valence-corrected chi connectivity index (χ2v) is 4.65. The number of nitrogens with one attached hydrogen (secondary N) is 1. The first kappa shape index (κ1) is 10.7. The van der Waals surface area contributed by atoms with Gasteiger partial charge in [-0.3, -0.25) is 9.69 Å². The van der Waals surface area contributed by atoms with Crippen molar-refractivity contribution in [3.8, 4) is 0 Å². The molecule has 3 rings (SSSR count). The van der Waals surface area contributed by atoms with Crippen molar-refractivity contribution in [1.82, 2.24) is 19.8 Å². The largest absolute Gasteiger partial charge is 0.365 e. The number of H-pyrrole nitrogens is 1. The second kappa shape index (κ2) is 4.12. The lowest BCUT2D eigenvalue weighted by Gasteiger charge is -2.33. The Labute approximate surface area is 99.6 Å². The number of likely N-dealkylation sites (tertiary alicyclic amines) is 1. The standard InChI is InChI=1S/C11H16N4O2/c1-14-8-4-15(6-10-12-2-3-13-10)5-9(8)17-7-11(14)16/h2-3,8-9H,4-7H2,1H3,(H,12,13)/t8-,9+/m1/s1. The van der Waals surface area contributed by atoms with E-state index in [1.807, 2.05) is 18.1 Å². The number of amides is 1. The summed E-state index contributed by atoms with van der Waals surface area (Å²) in [6.45, 7) is 2.72. The maximum absolute atomic E-state index is 11.5. The Morgan fingerprint density at radius 1 is 1.59 bits per heavy atom. The number of morpholine rings is 1. The van der Waals surface area contributed by atoms with Crippen LogP contribution in [0.15, 0.2) is 12.4 Å². The van der Waals surface area contributed by atoms with Crippen molar-refractivity contribution in [1.29, 1.82) is 0 Å². The van der Waals surface area contributed by atoms with Gasteiger partial charge in [0.1, 0.15) is 12.4 Å². The molecule has 1 amide bonds. The fraction of sp³-hybridized carbons (Fsp3) is 0.636. The first-order valence-electron chi connectivity index (χ1n) is 5.82. The summed E-state index contributed by atoms with van der Waals surface area (Å²) in [7, 11) is 1.86. The Kier molecular flexibility index (Phi) is 2.60. The Morgan fingerprint density at radius 3 is 3.24 bits per heavy atom. The van der Waals surface area contributed by atoms with Crippen LogP contribution in [-0.4, -0.2) is 64.6 Å². The minimum absolute atomic E-state index is 0.0751. The molecule has 2 atom stereocenters. The normalized spacial score (nSPS) is 29.7. The lowest BCUT2D eigenvalue weighted by atomic mass is 10.1. The molecule has 17 heavy (non-hydrogen) atoms. The number of rotatable bonds is 2. The molecule has 0 aliphatic carbocycles. The summed E-state index contributed by atoms with van der Waals surface area (Å²) in [6, 6.07) is 0.186. The van der Waals surface area contributed by atoms with Crippen LogP contribution >= 0.6 is 0 Å². The predicted octanol–water partition coefficient (Wildman–Crippen LogP) is -0.549. The van der Waals surface area contributed by atoms with Gasteiger partial charge in [0, 0.05) is 32.5 Å². The van der Waals surface area contributed by atoms with Gasteiger partial charge in [0.2, 0.25) is 5.91 Å². The van der Waals surface area contributed by atoms with Crippen LogP contribution in [0.2, 0.25) is 0 Å². The molecule has 0 radical (unpaired) electrons. The highest BCUT2D eigenvalue weighted by atomic mass is 16.5. The average Bonchev–Trinajstić information content (AvgIpc) is 2.93. The van der Waals surface area contributed by atoms with E-state index in [1.165, 1.54) is 0 Å². The van der Waals surface area contributed by atoms with Crippen LogP contribution in [-0.2, 0) is 16.1 Å². The third kappa shape index (κ3) is 1.94. The molecule has 2 saturated heterocycles. The van der Waals surface area contributed by atoms with Crippen molar-refractivity contribution in [3.05, 3.63) is 18.2 Å². The van der Waals surface area contributed by atoms with Gasteiger partial charge in [-0.25, -0.2) is 4.98 Å². The number of aromatic nitrogens is 2. The number of carbonyl (C=O) groups is 1. The van der Waals surface area contributed by atoms with Crippen molar-refractivity contribution in [2.24, 2.45) is 0 Å². The molecule has 0 spiro atoms. The van der Waals surface area contributed by atoms with E-state index in [2.05, 4.69) is 14.9 Å². The molecule has 6 heteroatoms. The Bertz CT molecular complexity index is 406. The molecule has 1 N–H and O–H groups in total. The maximum Gasteiger partial charge on any atom is 0.248 e. The van der Waals surface area contributed by atoms with Crippen LogP contribution in [0.5, 0.6) is 0 Å². The van der Waals surface area contributed by atoms with Crippen molar-refractivity contribution in [2.75, 3.05) is 26.7 Å². The van der Waals surface area contributed by atoms with Crippen molar-refractivity contribution >= 4 is 5.91 Å². The van der Waals surface area contributed by atoms with Gasteiger partial charge in [0.25, 0.3) is 0 Å². The van der Waals surface area contributed by atoms with Gasteiger partial charge in [0.15, 0.2) is 0 Å². The monoisotopic (exact) mass is 236 g/mol. The van der Waals surface area contributed by atoms with Gasteiger partial charge in [-0.2, -0.15) is 0 Å². The van der Waals surface area contributed by atoms with Crippen LogP contribution in [0.4, 0.5) is 0 Å². The molecule has 1 aromatic heterocycles. The molecule has 2 aliphatic rings. The summed E-state index contributed by atoms with van der Waals surface area (Å²) in [5, 5.41) is 0. The Morgan fingerprint density at radius 2 is 2.47 bits per heavy atom. The molecule has 92 valence electrons. The average molecular weight is 236 g/mol. The minimum atomic E-state index is 0.0751. The van der Waals surface area contributed by atoms with Crippen LogP contribution in [0, 0.1) is 0 Å². The Hall–Kier alpha value is -1.40. The summed E-state index contributed by atoms with van der Waals surface area (Å²) < 4.78 is 5.57. The first-order valence-corrected chi connectivity index (χ1v) is 5.82. The lowest BCUT2D eigenvalue weighted by Crippen LogP contribution is -2.51. The number of fused-ring (bicyclic) bond motifs is 1. The number of ether oxygens (including phenoxy) is 1. The second-order valence-electron chi connectivity index (χ2n) is 4.65. The maximum atomic E-state index is 11.5. The van der Waals surface area contributed by atoms with E-state index < -0.39 is 0 Å². The third-order valence-electron chi connectivity index (χ3n) is 3.55. The predicted molar refractivity (Wildman–Crippen MR) is 60.2 cm³/mol. The van der Waals surface area contributed by atoms with Gasteiger partial charge >= 0.3 is 0 Å². The molecular weight excluding hydrogens is 220 g/mol. The molecule has 2 aliphatic heterocycles. The zero-order chi connectivity index (χ0) is 11.8. The summed E-state index contributed by atoms with van der Waals surface area (Å²) in [6.07, 6.45) is 3.72. The first-order chi connectivity index (χ1) is 8.24. The number of likely N-dealkylation sites (N-methyl/N-ethyl adjacent to an activating group) is 1. The molecule has 3 heterocycles. The van der Waals surface area contributed by atoms with Crippen LogP contribution in [0.1, 0.15) is 5.82 Å². The van der Waals surface area contributed by atoms with Crippen LogP contribution in [0.3, 0.4) is 0 Å². The minimum Gasteiger partial charge on any atom is -0.365 e. The number of imidazole rings is 1. The van der Waals surface area contributed by atoms with Gasteiger partial charge in [-0.15, -0.1) is 0 Å². The lowest BCUT2D eigenvalue weighted by molar-refractivity contribution is -0.150. The van der Waals surface area contributed by atoms with E-state index in [0.29, 0.717) is 0 Å². The number of hydrogen-bond acceptors (Lipinski definition) is 4. The van der Waals surface area contributed by atoms with Crippen molar-refractivity contribution in [3.63, 3.8) is 0 Å². The molecule has 6 nitrogen and oxygen atoms in total. The molecule has 0 unspecified atom stereocenters. The van der Waals surface area contributed by atoms with Crippen LogP contribution < -0.4 is 0 Å². The molecule has 0 saturated carbocycles. The highest BCUT2D eigenvalue weighted by molar-refractivity contribution is 5.78. The summed E-state index contributed by atoms with van der Waals surface area (Å²) in [4.78, 5) is 22.9. The third-order valence-corrected chi connectivity index (χ3v) is 3.55. The summed E-state index contributed by atoms with van der Waals surface area (Å²) in [5.74, 6) is 1.03. The van der Waals surface area contributed by atoms with Gasteiger partial charge in [-0.05, 0) is 0 Å². The number of nitrogens with zero attached hydrogens (tertiary/aromatic N) is 3. The number of carbonyl (C=O) groups excluding carboxylic acids is 1. The van der Waals surface area contributed by atoms with Gasteiger partial charge in [-0.1, -0.05) is 0 Å². The quantitative estimate of drug-likeness (QED) is 0.748. The fourth-order valence-electron chi connectivity index (χ4n) is 2.56. The van der Waals surface area contributed by atoms with E-state index in [1.54, 1.807) is 6.20 Å². The highest BCUT2D eigenvalue weighted by Gasteiger charge is 2.41. The van der Waals surface area contributed by atoms with Crippen molar-refractivity contribution in [2.45, 2.75) is 18.7 Å². The summed E-state index contributed by atoms with van der Waals surface area (Å²) in [5.41, 5.74) is 0. The van der Waals surface area contributed by atoms with Crippen molar-refractivity contribution < 1.29 is 9.53 Å². The van der Waals surface area contributed by atoms with E-state index in [9.17, 15) is 4.79 Å². The molecule has 0 aromatic carbocycles. The van der Waals surface area contributed by atoms with E-state index in [-0.39, 0.29) is 24.7 Å². The zero-order valence-corrected chi connectivity index (χ0v) is 9.80. The summed E-state index contributed by atoms with van der Waals surface area (Å²) >= 11 is 0. The molecule has 1 aromatic rings. The van der Waals surface area contributed by atoms with E-state index in [0.717, 1.165) is 25.5 Å². The molecular formula is C11H16N4O2. The van der Waals surface area contributed by atoms with Gasteiger partial charge < -0.3 is 14.6 Å². The topological polar surface area (TPSA) is 61.5 Å². The SMILES string of the molecule is CN1C(=O)CO[C@H]2CN(Cc3ncc[nH]3)C[C@H]21. The molecule has 0 bridgehead atoms. The number of aromatic amines is 1. The Balaban J connectivity index is 1.66. The van der Waals surface area contributed by atoms with Crippen LogP contribution in [0.25, 0.3) is 0 Å².